The first-order valence-corrected chi connectivity index (χ1v) is 16.6. The number of allylic oxidation sites excluding steroid dienone is 1. The van der Waals surface area contributed by atoms with Crippen molar-refractivity contribution in [2.45, 2.75) is 31.5 Å². The molecule has 0 unspecified atom stereocenters. The molecule has 0 atom stereocenters. The fourth-order valence-electron chi connectivity index (χ4n) is 5.42. The molecule has 0 saturated carbocycles. The molecule has 0 bridgehead atoms. The third-order valence-corrected chi connectivity index (χ3v) is 12.5. The molecule has 0 fully saturated rings. The van der Waals surface area contributed by atoms with Crippen molar-refractivity contribution in [3.05, 3.63) is 165 Å². The molecule has 2 nitrogen and oxygen atoms in total. The molecule has 0 radical (unpaired) electrons. The van der Waals surface area contributed by atoms with Gasteiger partial charge in [-0.2, -0.15) is 0 Å². The second-order valence-corrected chi connectivity index (χ2v) is 14.3. The van der Waals surface area contributed by atoms with Gasteiger partial charge in [-0.25, -0.2) is 4.98 Å². The van der Waals surface area contributed by atoms with Crippen molar-refractivity contribution in [3.8, 4) is 0 Å². The van der Waals surface area contributed by atoms with Crippen LogP contribution in [0.3, 0.4) is 0 Å². The lowest BCUT2D eigenvalue weighted by Crippen LogP contribution is -2.61. The van der Waals surface area contributed by atoms with Gasteiger partial charge in [0.1, 0.15) is 8.07 Å². The van der Waals surface area contributed by atoms with Crippen LogP contribution in [-0.4, -0.2) is 24.3 Å². The van der Waals surface area contributed by atoms with Crippen molar-refractivity contribution in [3.63, 3.8) is 0 Å². The summed E-state index contributed by atoms with van der Waals surface area (Å²) in [7, 11) is -1.91. The molecule has 0 N–H and O–H groups in total. The Hall–Kier alpha value is -4.15. The van der Waals surface area contributed by atoms with Gasteiger partial charge < -0.3 is 4.57 Å². The van der Waals surface area contributed by atoms with Crippen LogP contribution in [0.2, 0.25) is 6.04 Å². The number of imidazole rings is 1. The van der Waals surface area contributed by atoms with Crippen LogP contribution in [0, 0.1) is 0 Å². The monoisotopic (exact) mass is 538 g/mol. The summed E-state index contributed by atoms with van der Waals surface area (Å²) >= 11 is 0. The lowest BCUT2D eigenvalue weighted by Gasteiger charge is -2.33. The highest BCUT2D eigenvalue weighted by Crippen LogP contribution is 2.19. The third kappa shape index (κ3) is 7.71. The van der Waals surface area contributed by atoms with Crippen molar-refractivity contribution < 1.29 is 0 Å². The highest BCUT2D eigenvalue weighted by molar-refractivity contribution is 7.01. The Kier molecular flexibility index (Phi) is 11.1. The van der Waals surface area contributed by atoms with Crippen molar-refractivity contribution in [2.24, 2.45) is 0 Å². The van der Waals surface area contributed by atoms with Crippen LogP contribution >= 0.6 is 0 Å². The molecule has 4 heteroatoms. The maximum atomic E-state index is 4.28. The first-order chi connectivity index (χ1) is 19.8. The number of unbranched alkanes of at least 4 members (excludes halogenated alkanes) is 2. The Balaban J connectivity index is 0.000000210. The Morgan fingerprint density at radius 1 is 0.675 bits per heavy atom. The lowest BCUT2D eigenvalue weighted by atomic mass is 9.41. The largest absolute Gasteiger partial charge is 0.340 e. The number of benzene rings is 4. The van der Waals surface area contributed by atoms with Gasteiger partial charge in [0, 0.05) is 18.6 Å². The van der Waals surface area contributed by atoms with E-state index < -0.39 is 8.07 Å². The smallest absolute Gasteiger partial charge is 0.233 e. The lowest BCUT2D eigenvalue weighted by molar-refractivity contribution is 0.785. The Morgan fingerprint density at radius 2 is 1.18 bits per heavy atom. The van der Waals surface area contributed by atoms with Crippen molar-refractivity contribution in [1.82, 2.24) is 9.55 Å². The molecule has 1 heterocycles. The van der Waals surface area contributed by atoms with Gasteiger partial charge in [0.15, 0.2) is 0 Å². The Labute approximate surface area is 241 Å². The molecule has 0 aliphatic rings. The summed E-state index contributed by atoms with van der Waals surface area (Å²) in [5.74, 6) is 1.99. The van der Waals surface area contributed by atoms with Crippen LogP contribution in [-0.2, 0) is 6.17 Å². The molecule has 0 aliphatic carbocycles. The fraction of sp³-hybridized carbons (Fsp3) is 0.139. The minimum Gasteiger partial charge on any atom is -0.340 e. The van der Waals surface area contributed by atoms with Crippen LogP contribution in [0.5, 0.6) is 0 Å². The van der Waals surface area contributed by atoms with E-state index in [0.29, 0.717) is 6.71 Å². The number of aromatic nitrogens is 2. The van der Waals surface area contributed by atoms with E-state index in [1.54, 1.807) is 0 Å². The van der Waals surface area contributed by atoms with E-state index in [2.05, 4.69) is 138 Å². The second-order valence-electron chi connectivity index (χ2n) is 10.1. The zero-order chi connectivity index (χ0) is 27.9. The van der Waals surface area contributed by atoms with Crippen LogP contribution in [0.4, 0.5) is 0 Å². The SMILES string of the molecule is C=CB(c1ccccc1)c1ccccc1.C=CCCCC[Si](Cn1ccnc1)(c1ccccc1)c1ccccc1. The van der Waals surface area contributed by atoms with Gasteiger partial charge >= 0.3 is 0 Å². The van der Waals surface area contributed by atoms with E-state index in [0.717, 1.165) is 12.6 Å². The molecule has 4 aromatic carbocycles. The number of hydrogen-bond donors (Lipinski definition) is 0. The molecule has 0 amide bonds. The predicted molar refractivity (Wildman–Crippen MR) is 177 cm³/mol. The van der Waals surface area contributed by atoms with E-state index in [-0.39, 0.29) is 0 Å². The van der Waals surface area contributed by atoms with Crippen molar-refractivity contribution in [1.29, 1.82) is 0 Å². The van der Waals surface area contributed by atoms with Crippen LogP contribution in [0.1, 0.15) is 19.3 Å². The minimum atomic E-state index is -1.91. The summed E-state index contributed by atoms with van der Waals surface area (Å²) < 4.78 is 2.26. The number of nitrogens with zero attached hydrogens (tertiary/aromatic N) is 2. The highest BCUT2D eigenvalue weighted by Gasteiger charge is 2.37. The molecule has 0 aliphatic heterocycles. The molecule has 40 heavy (non-hydrogen) atoms. The van der Waals surface area contributed by atoms with E-state index >= 15 is 0 Å². The third-order valence-electron chi connectivity index (χ3n) is 7.48. The van der Waals surface area contributed by atoms with Crippen molar-refractivity contribution in [2.75, 3.05) is 0 Å². The quantitative estimate of drug-likeness (QED) is 0.107. The summed E-state index contributed by atoms with van der Waals surface area (Å²) in [6.07, 6.45) is 12.5. The summed E-state index contributed by atoms with van der Waals surface area (Å²) in [6.45, 7) is 8.08. The zero-order valence-corrected chi connectivity index (χ0v) is 24.4. The van der Waals surface area contributed by atoms with E-state index in [9.17, 15) is 0 Å². The Morgan fingerprint density at radius 3 is 1.60 bits per heavy atom. The van der Waals surface area contributed by atoms with E-state index in [1.807, 2.05) is 36.7 Å². The molecule has 0 saturated heterocycles. The first-order valence-electron chi connectivity index (χ1n) is 14.2. The van der Waals surface area contributed by atoms with Gasteiger partial charge in [-0.15, -0.1) is 19.1 Å². The molecular formula is C36H39BN2Si. The van der Waals surface area contributed by atoms with Gasteiger partial charge in [0.25, 0.3) is 0 Å². The predicted octanol–water partition coefficient (Wildman–Crippen LogP) is 6.06. The normalized spacial score (nSPS) is 10.7. The minimum absolute atomic E-state index is 0.299. The number of rotatable bonds is 12. The maximum absolute atomic E-state index is 4.28. The second kappa shape index (κ2) is 15.4. The number of hydrogen-bond acceptors (Lipinski definition) is 1. The average Bonchev–Trinajstić information content (AvgIpc) is 3.54. The van der Waals surface area contributed by atoms with E-state index in [1.165, 1.54) is 40.2 Å². The molecule has 0 spiro atoms. The van der Waals surface area contributed by atoms with Crippen molar-refractivity contribution >= 4 is 36.1 Å². The van der Waals surface area contributed by atoms with Gasteiger partial charge in [-0.3, -0.25) is 0 Å². The first kappa shape index (κ1) is 28.8. The Bertz CT molecular complexity index is 1310. The summed E-state index contributed by atoms with van der Waals surface area (Å²) in [5.41, 5.74) is 2.58. The molecule has 5 aromatic rings. The topological polar surface area (TPSA) is 17.8 Å². The van der Waals surface area contributed by atoms with Gasteiger partial charge in [-0.05, 0) is 12.5 Å². The molecular weight excluding hydrogens is 499 g/mol. The summed E-state index contributed by atoms with van der Waals surface area (Å²) in [5, 5.41) is 3.02. The summed E-state index contributed by atoms with van der Waals surface area (Å²) in [4.78, 5) is 4.28. The highest BCUT2D eigenvalue weighted by atomic mass is 28.3. The molecule has 1 aromatic heterocycles. The van der Waals surface area contributed by atoms with E-state index in [4.69, 9.17) is 0 Å². The fourth-order valence-corrected chi connectivity index (χ4v) is 10.2. The summed E-state index contributed by atoms with van der Waals surface area (Å²) in [6, 6.07) is 44.4. The van der Waals surface area contributed by atoms with Crippen LogP contribution in [0.15, 0.2) is 165 Å². The average molecular weight is 539 g/mol. The maximum Gasteiger partial charge on any atom is 0.233 e. The zero-order valence-electron chi connectivity index (χ0n) is 23.4. The standard InChI is InChI=1S/C22H26N2Si.C14H13B/c1-2-3-4-11-18-25(20-24-17-16-23-19-24,21-12-7-5-8-13-21)22-14-9-6-10-15-22;1-2-15(13-9-5-3-6-10-13)14-11-7-4-8-12-14/h2,5-10,12-17,19H,1,3-4,11,18,20H2;2-12H,1H2. The van der Waals surface area contributed by atoms with Gasteiger partial charge in [0.2, 0.25) is 6.71 Å². The van der Waals surface area contributed by atoms with Gasteiger partial charge in [0.05, 0.1) is 6.33 Å². The van der Waals surface area contributed by atoms with Crippen LogP contribution in [0.25, 0.3) is 0 Å². The molecule has 200 valence electrons. The van der Waals surface area contributed by atoms with Gasteiger partial charge in [-0.1, -0.05) is 162 Å². The van der Waals surface area contributed by atoms with Crippen LogP contribution < -0.4 is 21.3 Å². The molecule has 5 rings (SSSR count).